The molecule has 0 saturated carbocycles. The molecule has 0 unspecified atom stereocenters. The molecule has 2 heterocycles. The lowest BCUT2D eigenvalue weighted by Crippen LogP contribution is -2.28. The Bertz CT molecular complexity index is 923. The van der Waals surface area contributed by atoms with Crippen LogP contribution in [0, 0.1) is 0 Å². The van der Waals surface area contributed by atoms with Gasteiger partial charge in [0, 0.05) is 6.54 Å². The van der Waals surface area contributed by atoms with Crippen LogP contribution in [-0.4, -0.2) is 41.7 Å². The number of rotatable bonds is 5. The summed E-state index contributed by atoms with van der Waals surface area (Å²) in [5.41, 5.74) is 2.28. The fourth-order valence-corrected chi connectivity index (χ4v) is 2.51. The fraction of sp³-hybridized carbons (Fsp3) is 0.222. The first-order chi connectivity index (χ1) is 12.7. The Morgan fingerprint density at radius 3 is 2.46 bits per heavy atom. The second-order valence-corrected chi connectivity index (χ2v) is 5.32. The van der Waals surface area contributed by atoms with Crippen LogP contribution in [0.25, 0.3) is 22.4 Å². The number of nitrogens with one attached hydrogen (secondary N) is 2. The van der Waals surface area contributed by atoms with Gasteiger partial charge in [-0.3, -0.25) is 10.3 Å². The Balaban J connectivity index is 2.05. The highest BCUT2D eigenvalue weighted by molar-refractivity contribution is 5.89. The molecular formula is C18H19N5O3. The molecule has 0 spiro atoms. The van der Waals surface area contributed by atoms with Gasteiger partial charge in [-0.15, -0.1) is 0 Å². The molecule has 0 fully saturated rings. The average molecular weight is 353 g/mol. The van der Waals surface area contributed by atoms with Crippen LogP contribution >= 0.6 is 0 Å². The van der Waals surface area contributed by atoms with Crippen molar-refractivity contribution < 1.29 is 14.3 Å². The molecule has 2 aromatic heterocycles. The molecule has 2 N–H and O–H groups in total. The first-order valence-electron chi connectivity index (χ1n) is 8.06. The average Bonchev–Trinajstić information content (AvgIpc) is 2.66. The van der Waals surface area contributed by atoms with Crippen molar-refractivity contribution in [2.75, 3.05) is 26.1 Å². The number of ether oxygens (including phenoxy) is 2. The molecular weight excluding hydrogens is 334 g/mol. The van der Waals surface area contributed by atoms with Crippen LogP contribution < -0.4 is 20.1 Å². The van der Waals surface area contributed by atoms with E-state index in [-0.39, 0.29) is 6.03 Å². The highest BCUT2D eigenvalue weighted by Crippen LogP contribution is 2.37. The van der Waals surface area contributed by atoms with Crippen LogP contribution in [-0.2, 0) is 0 Å². The summed E-state index contributed by atoms with van der Waals surface area (Å²) in [5, 5.41) is 5.31. The van der Waals surface area contributed by atoms with E-state index in [9.17, 15) is 4.79 Å². The smallest absolute Gasteiger partial charge is 0.320 e. The van der Waals surface area contributed by atoms with Crippen molar-refractivity contribution >= 4 is 23.0 Å². The van der Waals surface area contributed by atoms with Crippen molar-refractivity contribution in [3.63, 3.8) is 0 Å². The molecule has 1 aromatic carbocycles. The lowest BCUT2D eigenvalue weighted by molar-refractivity contribution is 0.252. The van der Waals surface area contributed by atoms with Gasteiger partial charge in [0.25, 0.3) is 0 Å². The minimum atomic E-state index is -0.324. The number of urea groups is 1. The number of aromatic nitrogens is 3. The number of carbonyl (C=O) groups is 1. The summed E-state index contributed by atoms with van der Waals surface area (Å²) in [6.45, 7) is 2.36. The van der Waals surface area contributed by atoms with Gasteiger partial charge in [-0.25, -0.2) is 14.8 Å². The predicted octanol–water partition coefficient (Wildman–Crippen LogP) is 2.85. The van der Waals surface area contributed by atoms with Gasteiger partial charge in [0.1, 0.15) is 22.8 Å². The van der Waals surface area contributed by atoms with Crippen LogP contribution in [0.4, 0.5) is 10.6 Å². The molecule has 134 valence electrons. The SMILES string of the molecule is CCNC(=O)Nc1ccc2ncc(-c3c(OC)cccc3OC)nc2n1. The Kier molecular flexibility index (Phi) is 5.12. The third-order valence-electron chi connectivity index (χ3n) is 3.67. The van der Waals surface area contributed by atoms with Crippen molar-refractivity contribution in [3.8, 4) is 22.8 Å². The van der Waals surface area contributed by atoms with E-state index in [0.717, 1.165) is 0 Å². The normalized spacial score (nSPS) is 10.4. The van der Waals surface area contributed by atoms with Gasteiger partial charge in [-0.1, -0.05) is 6.07 Å². The van der Waals surface area contributed by atoms with Gasteiger partial charge in [0.15, 0.2) is 5.65 Å². The van der Waals surface area contributed by atoms with Crippen LogP contribution in [0.1, 0.15) is 6.92 Å². The molecule has 2 amide bonds. The van der Waals surface area contributed by atoms with Crippen molar-refractivity contribution in [3.05, 3.63) is 36.5 Å². The zero-order valence-electron chi connectivity index (χ0n) is 14.7. The van der Waals surface area contributed by atoms with E-state index in [4.69, 9.17) is 9.47 Å². The Morgan fingerprint density at radius 1 is 1.08 bits per heavy atom. The lowest BCUT2D eigenvalue weighted by atomic mass is 10.1. The van der Waals surface area contributed by atoms with Gasteiger partial charge in [-0.2, -0.15) is 0 Å². The molecule has 0 saturated heterocycles. The number of methoxy groups -OCH3 is 2. The third kappa shape index (κ3) is 3.49. The number of fused-ring (bicyclic) bond motifs is 1. The molecule has 0 aliphatic carbocycles. The first kappa shape index (κ1) is 17.4. The molecule has 8 heteroatoms. The summed E-state index contributed by atoms with van der Waals surface area (Å²) < 4.78 is 10.8. The number of amides is 2. The lowest BCUT2D eigenvalue weighted by Gasteiger charge is -2.12. The van der Waals surface area contributed by atoms with Crippen molar-refractivity contribution in [1.29, 1.82) is 0 Å². The van der Waals surface area contributed by atoms with Gasteiger partial charge in [0.2, 0.25) is 0 Å². The molecule has 8 nitrogen and oxygen atoms in total. The topological polar surface area (TPSA) is 98.3 Å². The second kappa shape index (κ2) is 7.64. The van der Waals surface area contributed by atoms with E-state index in [2.05, 4.69) is 25.6 Å². The van der Waals surface area contributed by atoms with E-state index < -0.39 is 0 Å². The number of nitrogens with zero attached hydrogens (tertiary/aromatic N) is 3. The van der Waals surface area contributed by atoms with Crippen LogP contribution in [0.2, 0.25) is 0 Å². The Hall–Kier alpha value is -3.42. The zero-order valence-corrected chi connectivity index (χ0v) is 14.7. The highest BCUT2D eigenvalue weighted by Gasteiger charge is 2.15. The maximum Gasteiger partial charge on any atom is 0.320 e. The number of benzene rings is 1. The van der Waals surface area contributed by atoms with E-state index in [0.29, 0.717) is 46.3 Å². The summed E-state index contributed by atoms with van der Waals surface area (Å²) in [7, 11) is 3.17. The number of hydrogen-bond donors (Lipinski definition) is 2. The van der Waals surface area contributed by atoms with Crippen molar-refractivity contribution in [1.82, 2.24) is 20.3 Å². The summed E-state index contributed by atoms with van der Waals surface area (Å²) in [5.74, 6) is 1.63. The largest absolute Gasteiger partial charge is 0.496 e. The summed E-state index contributed by atoms with van der Waals surface area (Å²) in [6.07, 6.45) is 1.64. The second-order valence-electron chi connectivity index (χ2n) is 5.32. The Labute approximate surface area is 150 Å². The molecule has 3 rings (SSSR count). The molecule has 26 heavy (non-hydrogen) atoms. The minimum Gasteiger partial charge on any atom is -0.496 e. The van der Waals surface area contributed by atoms with E-state index in [1.807, 2.05) is 25.1 Å². The van der Waals surface area contributed by atoms with Gasteiger partial charge in [-0.05, 0) is 31.2 Å². The highest BCUT2D eigenvalue weighted by atomic mass is 16.5. The molecule has 3 aromatic rings. The van der Waals surface area contributed by atoms with E-state index in [1.54, 1.807) is 32.5 Å². The van der Waals surface area contributed by atoms with Crippen molar-refractivity contribution in [2.45, 2.75) is 6.92 Å². The van der Waals surface area contributed by atoms with E-state index in [1.165, 1.54) is 0 Å². The number of anilines is 1. The van der Waals surface area contributed by atoms with Gasteiger partial charge in [0.05, 0.1) is 31.7 Å². The number of carbonyl (C=O) groups excluding carboxylic acids is 1. The fourth-order valence-electron chi connectivity index (χ4n) is 2.51. The Morgan fingerprint density at radius 2 is 1.81 bits per heavy atom. The standard InChI is InChI=1S/C18H19N5O3/c1-4-19-18(24)23-15-9-8-11-17(22-15)21-12(10-20-11)16-13(25-2)6-5-7-14(16)26-3/h5-10H,4H2,1-3H3,(H2,19,21,22,23,24). The monoisotopic (exact) mass is 353 g/mol. The summed E-state index contributed by atoms with van der Waals surface area (Å²) in [6, 6.07) is 8.58. The molecule has 0 aliphatic heterocycles. The zero-order chi connectivity index (χ0) is 18.5. The molecule has 0 bridgehead atoms. The van der Waals surface area contributed by atoms with Crippen LogP contribution in [0.3, 0.4) is 0 Å². The van der Waals surface area contributed by atoms with Crippen LogP contribution in [0.5, 0.6) is 11.5 Å². The maximum atomic E-state index is 11.7. The molecule has 0 radical (unpaired) electrons. The minimum absolute atomic E-state index is 0.324. The number of hydrogen-bond acceptors (Lipinski definition) is 6. The van der Waals surface area contributed by atoms with Crippen molar-refractivity contribution in [2.24, 2.45) is 0 Å². The quantitative estimate of drug-likeness (QED) is 0.732. The predicted molar refractivity (Wildman–Crippen MR) is 98.6 cm³/mol. The molecule has 0 atom stereocenters. The first-order valence-corrected chi connectivity index (χ1v) is 8.06. The van der Waals surface area contributed by atoms with Crippen LogP contribution in [0.15, 0.2) is 36.5 Å². The van der Waals surface area contributed by atoms with Gasteiger partial charge < -0.3 is 14.8 Å². The summed E-state index contributed by atoms with van der Waals surface area (Å²) >= 11 is 0. The number of pyridine rings is 1. The van der Waals surface area contributed by atoms with E-state index >= 15 is 0 Å². The maximum absolute atomic E-state index is 11.7. The third-order valence-corrected chi connectivity index (χ3v) is 3.67. The van der Waals surface area contributed by atoms with Gasteiger partial charge >= 0.3 is 6.03 Å². The molecule has 0 aliphatic rings. The summed E-state index contributed by atoms with van der Waals surface area (Å²) in [4.78, 5) is 25.0.